The lowest BCUT2D eigenvalue weighted by Gasteiger charge is -2.36. The molecule has 100 valence electrons. The van der Waals surface area contributed by atoms with E-state index >= 15 is 0 Å². The smallest absolute Gasteiger partial charge is 0.229 e. The molecule has 1 aliphatic rings. The van der Waals surface area contributed by atoms with Gasteiger partial charge in [0.15, 0.2) is 0 Å². The minimum atomic E-state index is -0.244. The number of carbonyl (C=O) groups is 1. The number of aryl methyl sites for hydroxylation is 1. The van der Waals surface area contributed by atoms with E-state index in [4.69, 9.17) is 0 Å². The van der Waals surface area contributed by atoms with Crippen LogP contribution >= 0.6 is 11.3 Å². The molecule has 1 N–H and O–H groups in total. The number of rotatable bonds is 3. The summed E-state index contributed by atoms with van der Waals surface area (Å²) in [6, 6.07) is 0. The maximum absolute atomic E-state index is 12.5. The average molecular weight is 267 g/mol. The summed E-state index contributed by atoms with van der Waals surface area (Å²) in [4.78, 5) is 19.8. The molecule has 1 aromatic rings. The number of nitrogens with one attached hydrogen (secondary N) is 1. The number of amides is 1. The highest BCUT2D eigenvalue weighted by atomic mass is 32.1. The van der Waals surface area contributed by atoms with Gasteiger partial charge < -0.3 is 10.2 Å². The van der Waals surface area contributed by atoms with Crippen LogP contribution in [-0.4, -0.2) is 35.9 Å². The van der Waals surface area contributed by atoms with Crippen LogP contribution in [-0.2, 0) is 11.3 Å². The second kappa shape index (κ2) is 5.36. The summed E-state index contributed by atoms with van der Waals surface area (Å²) in [5.74, 6) is 0.238. The Bertz CT molecular complexity index is 424. The number of carbonyl (C=O) groups excluding carboxylic acids is 1. The molecule has 5 heteroatoms. The van der Waals surface area contributed by atoms with Gasteiger partial charge in [-0.05, 0) is 33.2 Å². The van der Waals surface area contributed by atoms with Crippen molar-refractivity contribution >= 4 is 17.2 Å². The molecular formula is C13H21N3OS. The van der Waals surface area contributed by atoms with Gasteiger partial charge in [0, 0.05) is 18.5 Å². The molecule has 18 heavy (non-hydrogen) atoms. The largest absolute Gasteiger partial charge is 0.340 e. The molecule has 0 radical (unpaired) electrons. The molecule has 0 bridgehead atoms. The van der Waals surface area contributed by atoms with Crippen molar-refractivity contribution in [2.24, 2.45) is 5.41 Å². The van der Waals surface area contributed by atoms with E-state index < -0.39 is 0 Å². The SMILES string of the molecule is Cc1ncsc1CN(C)C(=O)[C@@]1(C)CCCNC1. The third-order valence-electron chi connectivity index (χ3n) is 3.69. The summed E-state index contributed by atoms with van der Waals surface area (Å²) in [6.07, 6.45) is 2.06. The molecule has 2 rings (SSSR count). The summed E-state index contributed by atoms with van der Waals surface area (Å²) < 4.78 is 0. The van der Waals surface area contributed by atoms with Crippen LogP contribution in [0.1, 0.15) is 30.3 Å². The molecule has 1 atom stereocenters. The third kappa shape index (κ3) is 2.72. The molecule has 1 saturated heterocycles. The Balaban J connectivity index is 2.02. The van der Waals surface area contributed by atoms with Gasteiger partial charge in [-0.2, -0.15) is 0 Å². The van der Waals surface area contributed by atoms with Crippen molar-refractivity contribution in [2.45, 2.75) is 33.2 Å². The number of aromatic nitrogens is 1. The molecule has 4 nitrogen and oxygen atoms in total. The van der Waals surface area contributed by atoms with Crippen molar-refractivity contribution in [2.75, 3.05) is 20.1 Å². The summed E-state index contributed by atoms with van der Waals surface area (Å²) in [5.41, 5.74) is 2.63. The first kappa shape index (κ1) is 13.5. The third-order valence-corrected chi connectivity index (χ3v) is 4.61. The topological polar surface area (TPSA) is 45.2 Å². The fraction of sp³-hybridized carbons (Fsp3) is 0.692. The number of hydrogen-bond acceptors (Lipinski definition) is 4. The van der Waals surface area contributed by atoms with Gasteiger partial charge in [-0.1, -0.05) is 0 Å². The molecule has 0 unspecified atom stereocenters. The fourth-order valence-electron chi connectivity index (χ4n) is 2.46. The van der Waals surface area contributed by atoms with Gasteiger partial charge in [0.2, 0.25) is 5.91 Å². The monoisotopic (exact) mass is 267 g/mol. The number of nitrogens with zero attached hydrogens (tertiary/aromatic N) is 2. The highest BCUT2D eigenvalue weighted by Gasteiger charge is 2.36. The lowest BCUT2D eigenvalue weighted by atomic mass is 9.81. The van der Waals surface area contributed by atoms with E-state index in [0.29, 0.717) is 6.54 Å². The molecule has 2 heterocycles. The minimum Gasteiger partial charge on any atom is -0.340 e. The maximum atomic E-state index is 12.5. The van der Waals surface area contributed by atoms with Crippen molar-refractivity contribution in [3.05, 3.63) is 16.1 Å². The Morgan fingerprint density at radius 1 is 1.67 bits per heavy atom. The Labute approximate surface area is 112 Å². The quantitative estimate of drug-likeness (QED) is 0.908. The van der Waals surface area contributed by atoms with E-state index in [1.54, 1.807) is 11.3 Å². The van der Waals surface area contributed by atoms with Gasteiger partial charge in [0.05, 0.1) is 23.2 Å². The predicted octanol–water partition coefficient (Wildman–Crippen LogP) is 1.80. The maximum Gasteiger partial charge on any atom is 0.229 e. The summed E-state index contributed by atoms with van der Waals surface area (Å²) in [6.45, 7) is 6.55. The van der Waals surface area contributed by atoms with Gasteiger partial charge >= 0.3 is 0 Å². The zero-order valence-electron chi connectivity index (χ0n) is 11.3. The van der Waals surface area contributed by atoms with Gasteiger partial charge in [-0.15, -0.1) is 11.3 Å². The Morgan fingerprint density at radius 3 is 3.00 bits per heavy atom. The second-order valence-electron chi connectivity index (χ2n) is 5.36. The Hall–Kier alpha value is -0.940. The molecule has 1 aromatic heterocycles. The van der Waals surface area contributed by atoms with E-state index in [1.807, 2.05) is 24.4 Å². The number of hydrogen-bond donors (Lipinski definition) is 1. The van der Waals surface area contributed by atoms with Gasteiger partial charge in [-0.3, -0.25) is 4.79 Å². The fourth-order valence-corrected chi connectivity index (χ4v) is 3.29. The van der Waals surface area contributed by atoms with E-state index in [2.05, 4.69) is 17.2 Å². The molecule has 0 aromatic carbocycles. The Kier molecular flexibility index (Phi) is 4.02. The first-order valence-electron chi connectivity index (χ1n) is 6.38. The molecular weight excluding hydrogens is 246 g/mol. The van der Waals surface area contributed by atoms with E-state index in [0.717, 1.165) is 31.6 Å². The van der Waals surface area contributed by atoms with Crippen molar-refractivity contribution in [3.8, 4) is 0 Å². The van der Waals surface area contributed by atoms with Crippen molar-refractivity contribution < 1.29 is 4.79 Å². The van der Waals surface area contributed by atoms with E-state index in [9.17, 15) is 4.79 Å². The summed E-state index contributed by atoms with van der Waals surface area (Å²) in [5, 5.41) is 3.32. The van der Waals surface area contributed by atoms with Crippen LogP contribution in [0.5, 0.6) is 0 Å². The van der Waals surface area contributed by atoms with Crippen LogP contribution in [0.4, 0.5) is 0 Å². The normalized spacial score (nSPS) is 23.9. The molecule has 0 saturated carbocycles. The lowest BCUT2D eigenvalue weighted by Crippen LogP contribution is -2.48. The van der Waals surface area contributed by atoms with E-state index in [1.165, 1.54) is 4.88 Å². The Morgan fingerprint density at radius 2 is 2.44 bits per heavy atom. The second-order valence-corrected chi connectivity index (χ2v) is 6.30. The zero-order chi connectivity index (χ0) is 13.2. The van der Waals surface area contributed by atoms with Crippen LogP contribution in [0.3, 0.4) is 0 Å². The van der Waals surface area contributed by atoms with Crippen molar-refractivity contribution in [1.29, 1.82) is 0 Å². The number of piperidine rings is 1. The minimum absolute atomic E-state index is 0.238. The van der Waals surface area contributed by atoms with Crippen molar-refractivity contribution in [1.82, 2.24) is 15.2 Å². The first-order chi connectivity index (χ1) is 8.53. The summed E-state index contributed by atoms with van der Waals surface area (Å²) >= 11 is 1.62. The molecule has 1 fully saturated rings. The molecule has 1 amide bonds. The van der Waals surface area contributed by atoms with Gasteiger partial charge in [0.1, 0.15) is 0 Å². The van der Waals surface area contributed by atoms with Crippen LogP contribution in [0.15, 0.2) is 5.51 Å². The summed E-state index contributed by atoms with van der Waals surface area (Å²) in [7, 11) is 1.89. The molecule has 0 spiro atoms. The highest BCUT2D eigenvalue weighted by molar-refractivity contribution is 7.09. The average Bonchev–Trinajstić information content (AvgIpc) is 2.75. The van der Waals surface area contributed by atoms with Gasteiger partial charge in [-0.25, -0.2) is 4.98 Å². The lowest BCUT2D eigenvalue weighted by molar-refractivity contribution is -0.141. The standard InChI is InChI=1S/C13H21N3OS/c1-10-11(18-9-15-10)7-16(3)12(17)13(2)5-4-6-14-8-13/h9,14H,4-8H2,1-3H3/t13-/m0/s1. The zero-order valence-corrected chi connectivity index (χ0v) is 12.1. The number of thiazole rings is 1. The van der Waals surface area contributed by atoms with Crippen LogP contribution in [0, 0.1) is 12.3 Å². The van der Waals surface area contributed by atoms with Crippen LogP contribution < -0.4 is 5.32 Å². The van der Waals surface area contributed by atoms with Crippen LogP contribution in [0.25, 0.3) is 0 Å². The predicted molar refractivity (Wildman–Crippen MR) is 73.5 cm³/mol. The van der Waals surface area contributed by atoms with Crippen molar-refractivity contribution in [3.63, 3.8) is 0 Å². The van der Waals surface area contributed by atoms with Gasteiger partial charge in [0.25, 0.3) is 0 Å². The van der Waals surface area contributed by atoms with Crippen LogP contribution in [0.2, 0.25) is 0 Å². The molecule has 1 aliphatic heterocycles. The highest BCUT2D eigenvalue weighted by Crippen LogP contribution is 2.28. The molecule has 0 aliphatic carbocycles. The van der Waals surface area contributed by atoms with E-state index in [-0.39, 0.29) is 11.3 Å². The first-order valence-corrected chi connectivity index (χ1v) is 7.26.